The molecule has 166 valence electrons. The molecule has 2 saturated heterocycles. The first-order valence-electron chi connectivity index (χ1n) is 12.1. The number of hydrogen-bond donors (Lipinski definition) is 2. The average Bonchev–Trinajstić information content (AvgIpc) is 3.38. The summed E-state index contributed by atoms with van der Waals surface area (Å²) in [6.45, 7) is 1.73. The number of rotatable bonds is 4. The van der Waals surface area contributed by atoms with E-state index in [1.807, 2.05) is 12.1 Å². The minimum absolute atomic E-state index is 0.195. The lowest BCUT2D eigenvalue weighted by Gasteiger charge is -2.34. The normalized spacial score (nSPS) is 31.4. The van der Waals surface area contributed by atoms with Crippen LogP contribution < -0.4 is 10.6 Å². The van der Waals surface area contributed by atoms with Gasteiger partial charge in [-0.1, -0.05) is 31.4 Å². The molecule has 4 aliphatic rings. The molecule has 2 unspecified atom stereocenters. The number of carbonyl (C=O) groups is 3. The molecule has 2 aliphatic carbocycles. The lowest BCUT2D eigenvalue weighted by atomic mass is 9.88. The van der Waals surface area contributed by atoms with Gasteiger partial charge in [-0.3, -0.25) is 19.7 Å². The van der Waals surface area contributed by atoms with Crippen LogP contribution in [0.4, 0.5) is 5.69 Å². The number of hydrogen-bond acceptors (Lipinski definition) is 4. The Kier molecular flexibility index (Phi) is 5.72. The largest absolute Gasteiger partial charge is 0.374 e. The maximum Gasteiger partial charge on any atom is 0.249 e. The Labute approximate surface area is 184 Å². The molecule has 2 saturated carbocycles. The number of imide groups is 1. The maximum absolute atomic E-state index is 13.0. The van der Waals surface area contributed by atoms with Gasteiger partial charge in [-0.05, 0) is 67.6 Å². The van der Waals surface area contributed by atoms with Crippen molar-refractivity contribution in [3.05, 3.63) is 29.8 Å². The number of piperidine rings is 2. The van der Waals surface area contributed by atoms with E-state index in [9.17, 15) is 14.4 Å². The second-order valence-electron chi connectivity index (χ2n) is 9.99. The van der Waals surface area contributed by atoms with E-state index in [1.54, 1.807) is 0 Å². The number of benzene rings is 1. The highest BCUT2D eigenvalue weighted by Gasteiger charge is 2.41. The molecule has 31 heavy (non-hydrogen) atoms. The summed E-state index contributed by atoms with van der Waals surface area (Å²) in [5.74, 6) is 2.37. The molecule has 2 N–H and O–H groups in total. The van der Waals surface area contributed by atoms with Crippen LogP contribution in [-0.2, 0) is 14.4 Å². The van der Waals surface area contributed by atoms with Crippen LogP contribution in [0.1, 0.15) is 69.3 Å². The molecule has 3 amide bonds. The summed E-state index contributed by atoms with van der Waals surface area (Å²) in [6.07, 6.45) is 9.24. The molecule has 5 rings (SSSR count). The maximum atomic E-state index is 13.0. The first-order chi connectivity index (χ1) is 15.1. The van der Waals surface area contributed by atoms with Crippen molar-refractivity contribution in [3.8, 4) is 0 Å². The zero-order valence-electron chi connectivity index (χ0n) is 18.1. The Balaban J connectivity index is 1.12. The van der Waals surface area contributed by atoms with Gasteiger partial charge in [0, 0.05) is 31.1 Å². The molecule has 0 radical (unpaired) electrons. The molecule has 1 aromatic rings. The smallest absolute Gasteiger partial charge is 0.249 e. The van der Waals surface area contributed by atoms with E-state index < -0.39 is 0 Å². The van der Waals surface area contributed by atoms with Crippen LogP contribution in [0.5, 0.6) is 0 Å². The van der Waals surface area contributed by atoms with Crippen molar-refractivity contribution in [3.63, 3.8) is 0 Å². The van der Waals surface area contributed by atoms with Gasteiger partial charge >= 0.3 is 0 Å². The van der Waals surface area contributed by atoms with E-state index in [1.165, 1.54) is 24.8 Å². The number of likely N-dealkylation sites (tertiary alicyclic amines) is 1. The quantitative estimate of drug-likeness (QED) is 0.728. The van der Waals surface area contributed by atoms with Crippen molar-refractivity contribution >= 4 is 23.4 Å². The van der Waals surface area contributed by atoms with Gasteiger partial charge < -0.3 is 10.2 Å². The first-order valence-corrected chi connectivity index (χ1v) is 12.1. The van der Waals surface area contributed by atoms with E-state index in [4.69, 9.17) is 0 Å². The molecule has 1 aromatic carbocycles. The molecule has 4 atom stereocenters. The molecular weight excluding hydrogens is 390 g/mol. The van der Waals surface area contributed by atoms with Gasteiger partial charge in [0.1, 0.15) is 6.04 Å². The predicted octanol–water partition coefficient (Wildman–Crippen LogP) is 3.44. The number of amides is 3. The molecule has 4 fully saturated rings. The van der Waals surface area contributed by atoms with Crippen LogP contribution in [-0.4, -0.2) is 41.8 Å². The molecular formula is C25H33N3O3. The van der Waals surface area contributed by atoms with Crippen LogP contribution in [0.15, 0.2) is 24.3 Å². The molecule has 2 heterocycles. The van der Waals surface area contributed by atoms with Crippen LogP contribution in [0.25, 0.3) is 0 Å². The van der Waals surface area contributed by atoms with E-state index in [2.05, 4.69) is 27.7 Å². The summed E-state index contributed by atoms with van der Waals surface area (Å²) >= 11 is 0. The van der Waals surface area contributed by atoms with E-state index in [-0.39, 0.29) is 23.8 Å². The highest BCUT2D eigenvalue weighted by Crippen LogP contribution is 2.47. The van der Waals surface area contributed by atoms with Crippen molar-refractivity contribution < 1.29 is 14.4 Å². The van der Waals surface area contributed by atoms with Crippen LogP contribution in [0.2, 0.25) is 0 Å². The van der Waals surface area contributed by atoms with Crippen molar-refractivity contribution in [2.24, 2.45) is 17.8 Å². The zero-order chi connectivity index (χ0) is 21.4. The third-order valence-electron chi connectivity index (χ3n) is 8.11. The molecule has 0 bridgehead atoms. The van der Waals surface area contributed by atoms with E-state index in [0.29, 0.717) is 24.7 Å². The van der Waals surface area contributed by atoms with Crippen LogP contribution in [0, 0.1) is 17.8 Å². The summed E-state index contributed by atoms with van der Waals surface area (Å²) in [5.41, 5.74) is 2.20. The third kappa shape index (κ3) is 4.35. The van der Waals surface area contributed by atoms with Crippen LogP contribution >= 0.6 is 0 Å². The van der Waals surface area contributed by atoms with Crippen molar-refractivity contribution in [1.82, 2.24) is 10.2 Å². The Bertz CT molecular complexity index is 832. The molecule has 0 spiro atoms. The third-order valence-corrected chi connectivity index (χ3v) is 8.11. The standard InChI is InChI=1S/C25H33N3O3/c29-23-9-8-22(24(30)27-23)26-21-6-4-16(5-7-21)17-10-12-28(13-11-17)25(31)20-14-18-2-1-3-19(18)15-20/h4-7,17-20,22,26H,1-3,8-15H2,(H,27,29,30)/t18-,19+,20?,22?. The zero-order valence-corrected chi connectivity index (χ0v) is 18.1. The topological polar surface area (TPSA) is 78.5 Å². The highest BCUT2D eigenvalue weighted by molar-refractivity contribution is 6.01. The fourth-order valence-electron chi connectivity index (χ4n) is 6.34. The fourth-order valence-corrected chi connectivity index (χ4v) is 6.34. The molecule has 2 aliphatic heterocycles. The van der Waals surface area contributed by atoms with E-state index in [0.717, 1.165) is 56.3 Å². The first kappa shape index (κ1) is 20.5. The Hall–Kier alpha value is -2.37. The Morgan fingerprint density at radius 3 is 2.26 bits per heavy atom. The second kappa shape index (κ2) is 8.64. The van der Waals surface area contributed by atoms with Crippen molar-refractivity contribution in [2.75, 3.05) is 18.4 Å². The summed E-state index contributed by atoms with van der Waals surface area (Å²) in [6, 6.07) is 7.96. The van der Waals surface area contributed by atoms with Crippen molar-refractivity contribution in [1.29, 1.82) is 0 Å². The average molecular weight is 424 g/mol. The van der Waals surface area contributed by atoms with E-state index >= 15 is 0 Å². The molecule has 6 nitrogen and oxygen atoms in total. The Morgan fingerprint density at radius 1 is 0.935 bits per heavy atom. The van der Waals surface area contributed by atoms with Gasteiger partial charge in [-0.2, -0.15) is 0 Å². The Morgan fingerprint density at radius 2 is 1.61 bits per heavy atom. The summed E-state index contributed by atoms with van der Waals surface area (Å²) in [5, 5.41) is 5.62. The number of fused-ring (bicyclic) bond motifs is 1. The number of nitrogens with one attached hydrogen (secondary N) is 2. The highest BCUT2D eigenvalue weighted by atomic mass is 16.2. The monoisotopic (exact) mass is 423 g/mol. The van der Waals surface area contributed by atoms with Gasteiger partial charge in [0.25, 0.3) is 0 Å². The summed E-state index contributed by atoms with van der Waals surface area (Å²) < 4.78 is 0. The minimum atomic E-state index is -0.354. The second-order valence-corrected chi connectivity index (χ2v) is 9.99. The lowest BCUT2D eigenvalue weighted by Crippen LogP contribution is -2.47. The summed E-state index contributed by atoms with van der Waals surface area (Å²) in [7, 11) is 0. The SMILES string of the molecule is O=C1CCC(Nc2ccc(C3CCN(C(=O)C4C[C@H]5CCC[C@H]5C4)CC3)cc2)C(=O)N1. The minimum Gasteiger partial charge on any atom is -0.374 e. The van der Waals surface area contributed by atoms with Gasteiger partial charge in [0.2, 0.25) is 17.7 Å². The van der Waals surface area contributed by atoms with Crippen molar-refractivity contribution in [2.45, 2.75) is 69.7 Å². The van der Waals surface area contributed by atoms with Crippen LogP contribution in [0.3, 0.4) is 0 Å². The van der Waals surface area contributed by atoms with Gasteiger partial charge in [-0.25, -0.2) is 0 Å². The van der Waals surface area contributed by atoms with Gasteiger partial charge in [0.05, 0.1) is 0 Å². The lowest BCUT2D eigenvalue weighted by molar-refractivity contribution is -0.137. The number of nitrogens with zero attached hydrogens (tertiary/aromatic N) is 1. The predicted molar refractivity (Wildman–Crippen MR) is 118 cm³/mol. The fraction of sp³-hybridized carbons (Fsp3) is 0.640. The molecule has 0 aromatic heterocycles. The van der Waals surface area contributed by atoms with Gasteiger partial charge in [0.15, 0.2) is 0 Å². The molecule has 6 heteroatoms. The number of anilines is 1. The number of carbonyl (C=O) groups excluding carboxylic acids is 3. The summed E-state index contributed by atoms with van der Waals surface area (Å²) in [4.78, 5) is 38.4. The van der Waals surface area contributed by atoms with Gasteiger partial charge in [-0.15, -0.1) is 0 Å².